The third-order valence-corrected chi connectivity index (χ3v) is 4.44. The van der Waals surface area contributed by atoms with Gasteiger partial charge in [-0.05, 0) is 30.7 Å². The number of halogens is 2. The van der Waals surface area contributed by atoms with Crippen LogP contribution < -0.4 is 10.2 Å². The standard InChI is InChI=1S/C18H18BrFN2O2/c1-12-7-8-15(9-16(12)19)22(13(2)23)11-18(24)21-10-14-5-3-4-6-17(14)20/h3-9H,10-11H2,1-2H3,(H,21,24). The highest BCUT2D eigenvalue weighted by Gasteiger charge is 2.16. The molecule has 0 heterocycles. The number of benzene rings is 2. The summed E-state index contributed by atoms with van der Waals surface area (Å²) < 4.78 is 14.4. The van der Waals surface area contributed by atoms with Crippen molar-refractivity contribution in [3.63, 3.8) is 0 Å². The molecule has 0 aliphatic heterocycles. The lowest BCUT2D eigenvalue weighted by molar-refractivity contribution is -0.123. The summed E-state index contributed by atoms with van der Waals surface area (Å²) >= 11 is 3.42. The molecule has 0 aliphatic carbocycles. The highest BCUT2D eigenvalue weighted by molar-refractivity contribution is 9.10. The largest absolute Gasteiger partial charge is 0.350 e. The van der Waals surface area contributed by atoms with Gasteiger partial charge in [-0.15, -0.1) is 0 Å². The van der Waals surface area contributed by atoms with Crippen LogP contribution in [0.5, 0.6) is 0 Å². The van der Waals surface area contributed by atoms with E-state index in [1.54, 1.807) is 30.3 Å². The van der Waals surface area contributed by atoms with E-state index in [1.807, 2.05) is 13.0 Å². The second-order valence-corrected chi connectivity index (χ2v) is 6.26. The maximum atomic E-state index is 13.6. The Morgan fingerprint density at radius 1 is 1.21 bits per heavy atom. The van der Waals surface area contributed by atoms with E-state index in [0.29, 0.717) is 11.3 Å². The maximum Gasteiger partial charge on any atom is 0.240 e. The molecule has 0 saturated carbocycles. The number of carbonyl (C=O) groups excluding carboxylic acids is 2. The number of nitrogens with one attached hydrogen (secondary N) is 1. The Morgan fingerprint density at radius 3 is 2.54 bits per heavy atom. The monoisotopic (exact) mass is 392 g/mol. The molecule has 2 amide bonds. The fourth-order valence-corrected chi connectivity index (χ4v) is 2.54. The van der Waals surface area contributed by atoms with Crippen molar-refractivity contribution < 1.29 is 14.0 Å². The van der Waals surface area contributed by atoms with Crippen LogP contribution in [0.1, 0.15) is 18.1 Å². The van der Waals surface area contributed by atoms with Gasteiger partial charge < -0.3 is 10.2 Å². The van der Waals surface area contributed by atoms with E-state index in [-0.39, 0.29) is 30.7 Å². The fraction of sp³-hybridized carbons (Fsp3) is 0.222. The number of hydrogen-bond acceptors (Lipinski definition) is 2. The first-order valence-corrected chi connectivity index (χ1v) is 8.22. The van der Waals surface area contributed by atoms with E-state index in [2.05, 4.69) is 21.2 Å². The highest BCUT2D eigenvalue weighted by atomic mass is 79.9. The highest BCUT2D eigenvalue weighted by Crippen LogP contribution is 2.23. The molecule has 0 aromatic heterocycles. The van der Waals surface area contributed by atoms with Crippen LogP contribution in [0.25, 0.3) is 0 Å². The Kier molecular flexibility index (Phi) is 6.09. The van der Waals surface area contributed by atoms with Crippen molar-refractivity contribution in [2.75, 3.05) is 11.4 Å². The summed E-state index contributed by atoms with van der Waals surface area (Å²) in [4.78, 5) is 25.4. The van der Waals surface area contributed by atoms with Gasteiger partial charge in [0.25, 0.3) is 0 Å². The summed E-state index contributed by atoms with van der Waals surface area (Å²) in [6.07, 6.45) is 0. The van der Waals surface area contributed by atoms with Gasteiger partial charge in [-0.2, -0.15) is 0 Å². The molecule has 1 N–H and O–H groups in total. The van der Waals surface area contributed by atoms with Crippen molar-refractivity contribution in [3.05, 3.63) is 63.9 Å². The molecule has 6 heteroatoms. The summed E-state index contributed by atoms with van der Waals surface area (Å²) in [7, 11) is 0. The average Bonchev–Trinajstić information content (AvgIpc) is 2.54. The quantitative estimate of drug-likeness (QED) is 0.845. The van der Waals surface area contributed by atoms with Gasteiger partial charge in [0, 0.05) is 29.2 Å². The van der Waals surface area contributed by atoms with Gasteiger partial charge in [0.15, 0.2) is 0 Å². The predicted molar refractivity (Wildman–Crippen MR) is 95.2 cm³/mol. The zero-order chi connectivity index (χ0) is 17.7. The van der Waals surface area contributed by atoms with Gasteiger partial charge in [-0.1, -0.05) is 40.2 Å². The third-order valence-electron chi connectivity index (χ3n) is 3.58. The number of nitrogens with zero attached hydrogens (tertiary/aromatic N) is 1. The molecule has 4 nitrogen and oxygen atoms in total. The molecule has 126 valence electrons. The summed E-state index contributed by atoms with van der Waals surface area (Å²) in [5.74, 6) is -0.972. The Bertz CT molecular complexity index is 764. The molecule has 2 aromatic carbocycles. The van der Waals surface area contributed by atoms with Crippen LogP contribution in [0, 0.1) is 12.7 Å². The topological polar surface area (TPSA) is 49.4 Å². The van der Waals surface area contributed by atoms with E-state index in [0.717, 1.165) is 10.0 Å². The van der Waals surface area contributed by atoms with Gasteiger partial charge in [-0.25, -0.2) is 4.39 Å². The summed E-state index contributed by atoms with van der Waals surface area (Å²) in [5.41, 5.74) is 2.06. The second kappa shape index (κ2) is 8.06. The van der Waals surface area contributed by atoms with Crippen LogP contribution in [0.2, 0.25) is 0 Å². The van der Waals surface area contributed by atoms with Crippen LogP contribution in [0.15, 0.2) is 46.9 Å². The van der Waals surface area contributed by atoms with E-state index < -0.39 is 0 Å². The van der Waals surface area contributed by atoms with Crippen molar-refractivity contribution in [1.82, 2.24) is 5.32 Å². The minimum Gasteiger partial charge on any atom is -0.350 e. The molecule has 0 fully saturated rings. The number of amides is 2. The van der Waals surface area contributed by atoms with E-state index >= 15 is 0 Å². The van der Waals surface area contributed by atoms with Crippen molar-refractivity contribution in [2.45, 2.75) is 20.4 Å². The van der Waals surface area contributed by atoms with Crippen molar-refractivity contribution >= 4 is 33.4 Å². The number of rotatable bonds is 5. The molecule has 0 saturated heterocycles. The van der Waals surface area contributed by atoms with Crippen LogP contribution >= 0.6 is 15.9 Å². The van der Waals surface area contributed by atoms with Crippen LogP contribution in [-0.2, 0) is 16.1 Å². The maximum absolute atomic E-state index is 13.6. The lowest BCUT2D eigenvalue weighted by Crippen LogP contribution is -2.39. The lowest BCUT2D eigenvalue weighted by Gasteiger charge is -2.21. The average molecular weight is 393 g/mol. The normalized spacial score (nSPS) is 10.3. The Labute approximate surface area is 148 Å². The number of hydrogen-bond donors (Lipinski definition) is 1. The number of aryl methyl sites for hydroxylation is 1. The first-order valence-electron chi connectivity index (χ1n) is 7.43. The molecule has 24 heavy (non-hydrogen) atoms. The van der Waals surface area contributed by atoms with E-state index in [4.69, 9.17) is 0 Å². The second-order valence-electron chi connectivity index (χ2n) is 5.41. The van der Waals surface area contributed by atoms with Crippen LogP contribution in [-0.4, -0.2) is 18.4 Å². The lowest BCUT2D eigenvalue weighted by atomic mass is 10.2. The molecule has 2 rings (SSSR count). The van der Waals surface area contributed by atoms with Gasteiger partial charge >= 0.3 is 0 Å². The number of carbonyl (C=O) groups is 2. The Morgan fingerprint density at radius 2 is 1.92 bits per heavy atom. The Balaban J connectivity index is 2.05. The third kappa shape index (κ3) is 4.64. The molecule has 0 atom stereocenters. The summed E-state index contributed by atoms with van der Waals surface area (Å²) in [5, 5.41) is 2.64. The molecule has 0 spiro atoms. The van der Waals surface area contributed by atoms with E-state index in [1.165, 1.54) is 17.9 Å². The van der Waals surface area contributed by atoms with Crippen LogP contribution in [0.3, 0.4) is 0 Å². The minimum atomic E-state index is -0.372. The van der Waals surface area contributed by atoms with Gasteiger partial charge in [-0.3, -0.25) is 9.59 Å². The molecule has 0 bridgehead atoms. The van der Waals surface area contributed by atoms with Gasteiger partial charge in [0.05, 0.1) is 0 Å². The van der Waals surface area contributed by atoms with E-state index in [9.17, 15) is 14.0 Å². The molecular formula is C18H18BrFN2O2. The van der Waals surface area contributed by atoms with Crippen LogP contribution in [0.4, 0.5) is 10.1 Å². The predicted octanol–water partition coefficient (Wildman–Crippen LogP) is 3.57. The smallest absolute Gasteiger partial charge is 0.240 e. The van der Waals surface area contributed by atoms with Gasteiger partial charge in [0.1, 0.15) is 12.4 Å². The molecule has 0 aliphatic rings. The van der Waals surface area contributed by atoms with Crippen molar-refractivity contribution in [3.8, 4) is 0 Å². The van der Waals surface area contributed by atoms with Gasteiger partial charge in [0.2, 0.25) is 11.8 Å². The molecule has 0 unspecified atom stereocenters. The zero-order valence-corrected chi connectivity index (χ0v) is 15.1. The fourth-order valence-electron chi connectivity index (χ4n) is 2.17. The SMILES string of the molecule is CC(=O)N(CC(=O)NCc1ccccc1F)c1ccc(C)c(Br)c1. The first-order chi connectivity index (χ1) is 11.4. The number of anilines is 1. The van der Waals surface area contributed by atoms with Crippen molar-refractivity contribution in [2.24, 2.45) is 0 Å². The first kappa shape index (κ1) is 18.1. The van der Waals surface area contributed by atoms with Crippen molar-refractivity contribution in [1.29, 1.82) is 0 Å². The minimum absolute atomic E-state index is 0.0782. The summed E-state index contributed by atoms with van der Waals surface area (Å²) in [6, 6.07) is 11.7. The molecule has 0 radical (unpaired) electrons. The molecule has 2 aromatic rings. The Hall–Kier alpha value is -2.21. The zero-order valence-electron chi connectivity index (χ0n) is 13.5. The molecular weight excluding hydrogens is 375 g/mol. The summed E-state index contributed by atoms with van der Waals surface area (Å²) in [6.45, 7) is 3.29.